The molecule has 1 aliphatic rings. The van der Waals surface area contributed by atoms with Gasteiger partial charge in [-0.15, -0.1) is 0 Å². The van der Waals surface area contributed by atoms with Crippen molar-refractivity contribution in [2.45, 2.75) is 29.0 Å². The van der Waals surface area contributed by atoms with Crippen LogP contribution in [0.25, 0.3) is 0 Å². The van der Waals surface area contributed by atoms with Crippen molar-refractivity contribution in [3.8, 4) is 11.5 Å². The molecule has 0 aliphatic carbocycles. The molecule has 0 unspecified atom stereocenters. The van der Waals surface area contributed by atoms with Crippen molar-refractivity contribution in [2.75, 3.05) is 19.7 Å². The number of fused-ring (bicyclic) bond motifs is 1. The summed E-state index contributed by atoms with van der Waals surface area (Å²) in [6, 6.07) is 16.1. The minimum absolute atomic E-state index is 0.00285. The van der Waals surface area contributed by atoms with Crippen LogP contribution in [0.4, 0.5) is 18.9 Å². The number of nitrogens with zero attached hydrogens (tertiary/aromatic N) is 2. The number of alkyl halides is 3. The molecule has 1 amide bonds. The Kier molecular flexibility index (Phi) is 7.39. The van der Waals surface area contributed by atoms with Crippen molar-refractivity contribution in [2.24, 2.45) is 0 Å². The normalized spacial score (nSPS) is 14.8. The Morgan fingerprint density at radius 1 is 1.08 bits per heavy atom. The standard InChI is InChI=1S/C25H21F3N2O5S/c1-2-29(14-17-15-34-20-8-4-5-9-21(20)35-17)24(31)18-7-3-6-10-22(18)36-23-12-11-16(25(26,27)28)13-19(23)30(32)33/h3-13,17H,2,14-15H2,1H3/t17-/m0/s1. The number of hydrogen-bond acceptors (Lipinski definition) is 6. The van der Waals surface area contributed by atoms with E-state index in [1.165, 1.54) is 0 Å². The van der Waals surface area contributed by atoms with Crippen molar-refractivity contribution in [3.05, 3.63) is 88.0 Å². The molecule has 3 aromatic rings. The molecule has 3 aromatic carbocycles. The molecule has 0 aromatic heterocycles. The first-order valence-corrected chi connectivity index (χ1v) is 11.8. The Balaban J connectivity index is 1.56. The Morgan fingerprint density at radius 3 is 2.47 bits per heavy atom. The first kappa shape index (κ1) is 25.4. The molecule has 1 atom stereocenters. The van der Waals surface area contributed by atoms with Gasteiger partial charge in [0.1, 0.15) is 6.61 Å². The zero-order valence-corrected chi connectivity index (χ0v) is 19.8. The predicted octanol–water partition coefficient (Wildman–Crippen LogP) is 6.07. The topological polar surface area (TPSA) is 81.9 Å². The average Bonchev–Trinajstić information content (AvgIpc) is 2.86. The quantitative estimate of drug-likeness (QED) is 0.279. The first-order valence-electron chi connectivity index (χ1n) is 11.0. The number of nitro groups is 1. The highest BCUT2D eigenvalue weighted by molar-refractivity contribution is 7.99. The molecule has 0 fully saturated rings. The van der Waals surface area contributed by atoms with E-state index in [1.54, 1.807) is 41.3 Å². The molecule has 0 saturated heterocycles. The lowest BCUT2D eigenvalue weighted by Crippen LogP contribution is -2.43. The number of carbonyl (C=O) groups is 1. The van der Waals surface area contributed by atoms with E-state index in [-0.39, 0.29) is 29.5 Å². The molecule has 11 heteroatoms. The number of carbonyl (C=O) groups excluding carboxylic acids is 1. The lowest BCUT2D eigenvalue weighted by molar-refractivity contribution is -0.388. The van der Waals surface area contributed by atoms with Crippen LogP contribution in [0.1, 0.15) is 22.8 Å². The molecule has 7 nitrogen and oxygen atoms in total. The summed E-state index contributed by atoms with van der Waals surface area (Å²) in [6.07, 6.45) is -5.12. The summed E-state index contributed by atoms with van der Waals surface area (Å²) >= 11 is 0.869. The van der Waals surface area contributed by atoms with Gasteiger partial charge in [0.05, 0.1) is 27.5 Å². The van der Waals surface area contributed by atoms with E-state index in [4.69, 9.17) is 9.47 Å². The summed E-state index contributed by atoms with van der Waals surface area (Å²) in [5.74, 6) is 0.878. The smallest absolute Gasteiger partial charge is 0.416 e. The number of likely N-dealkylation sites (N-methyl/N-ethyl adjacent to an activating group) is 1. The van der Waals surface area contributed by atoms with Crippen molar-refractivity contribution >= 4 is 23.4 Å². The van der Waals surface area contributed by atoms with Crippen LogP contribution in [0.15, 0.2) is 76.5 Å². The largest absolute Gasteiger partial charge is 0.486 e. The number of amides is 1. The van der Waals surface area contributed by atoms with E-state index < -0.39 is 28.5 Å². The third-order valence-corrected chi connectivity index (χ3v) is 6.62. The van der Waals surface area contributed by atoms with E-state index >= 15 is 0 Å². The van der Waals surface area contributed by atoms with Gasteiger partial charge in [-0.3, -0.25) is 14.9 Å². The maximum Gasteiger partial charge on any atom is 0.416 e. The highest BCUT2D eigenvalue weighted by Gasteiger charge is 2.33. The summed E-state index contributed by atoms with van der Waals surface area (Å²) in [5, 5.41) is 11.5. The Morgan fingerprint density at radius 2 is 1.78 bits per heavy atom. The van der Waals surface area contributed by atoms with Gasteiger partial charge in [0.15, 0.2) is 17.6 Å². The Labute approximate surface area is 209 Å². The van der Waals surface area contributed by atoms with Gasteiger partial charge >= 0.3 is 6.18 Å². The zero-order chi connectivity index (χ0) is 25.9. The van der Waals surface area contributed by atoms with Crippen LogP contribution in [0, 0.1) is 10.1 Å². The molecule has 0 radical (unpaired) electrons. The van der Waals surface area contributed by atoms with Crippen molar-refractivity contribution in [1.82, 2.24) is 4.90 Å². The number of nitro benzene ring substituents is 1. The van der Waals surface area contributed by atoms with E-state index in [9.17, 15) is 28.1 Å². The molecule has 0 N–H and O–H groups in total. The summed E-state index contributed by atoms with van der Waals surface area (Å²) in [4.78, 5) is 26.0. The van der Waals surface area contributed by atoms with Gasteiger partial charge in [-0.05, 0) is 43.3 Å². The minimum atomic E-state index is -4.71. The van der Waals surface area contributed by atoms with Crippen molar-refractivity contribution in [1.29, 1.82) is 0 Å². The van der Waals surface area contributed by atoms with E-state index in [0.717, 1.165) is 23.9 Å². The Hall–Kier alpha value is -3.73. The first-order chi connectivity index (χ1) is 17.2. The van der Waals surface area contributed by atoms with Crippen LogP contribution in [-0.2, 0) is 6.18 Å². The molecule has 1 heterocycles. The fourth-order valence-corrected chi connectivity index (χ4v) is 4.72. The van der Waals surface area contributed by atoms with Gasteiger partial charge in [-0.2, -0.15) is 13.2 Å². The maximum absolute atomic E-state index is 13.4. The number of halogens is 3. The van der Waals surface area contributed by atoms with Crippen LogP contribution in [0.2, 0.25) is 0 Å². The number of benzene rings is 3. The second-order valence-electron chi connectivity index (χ2n) is 7.88. The summed E-state index contributed by atoms with van der Waals surface area (Å²) < 4.78 is 50.9. The zero-order valence-electron chi connectivity index (χ0n) is 19.0. The van der Waals surface area contributed by atoms with Crippen LogP contribution >= 0.6 is 11.8 Å². The second kappa shape index (κ2) is 10.5. The molecular formula is C25H21F3N2O5S. The summed E-state index contributed by atoms with van der Waals surface area (Å²) in [7, 11) is 0. The van der Waals surface area contributed by atoms with Crippen LogP contribution in [0.3, 0.4) is 0 Å². The average molecular weight is 519 g/mol. The van der Waals surface area contributed by atoms with Crippen LogP contribution < -0.4 is 9.47 Å². The highest BCUT2D eigenvalue weighted by Crippen LogP contribution is 2.40. The van der Waals surface area contributed by atoms with E-state index in [1.807, 2.05) is 19.1 Å². The third-order valence-electron chi connectivity index (χ3n) is 5.48. The molecule has 188 valence electrons. The number of ether oxygens (including phenoxy) is 2. The van der Waals surface area contributed by atoms with Gasteiger partial charge in [-0.25, -0.2) is 0 Å². The highest BCUT2D eigenvalue weighted by atomic mass is 32.2. The molecule has 4 rings (SSSR count). The van der Waals surface area contributed by atoms with Gasteiger partial charge in [-0.1, -0.05) is 36.0 Å². The molecule has 1 aliphatic heterocycles. The fraction of sp³-hybridized carbons (Fsp3) is 0.240. The summed E-state index contributed by atoms with van der Waals surface area (Å²) in [6.45, 7) is 2.67. The number of rotatable bonds is 7. The van der Waals surface area contributed by atoms with Gasteiger partial charge in [0.25, 0.3) is 11.6 Å². The number of hydrogen-bond donors (Lipinski definition) is 0. The van der Waals surface area contributed by atoms with Crippen molar-refractivity contribution in [3.63, 3.8) is 0 Å². The van der Waals surface area contributed by atoms with Gasteiger partial charge in [0.2, 0.25) is 0 Å². The van der Waals surface area contributed by atoms with E-state index in [2.05, 4.69) is 0 Å². The summed E-state index contributed by atoms with van der Waals surface area (Å²) in [5.41, 5.74) is -1.53. The Bertz CT molecular complexity index is 1280. The predicted molar refractivity (Wildman–Crippen MR) is 127 cm³/mol. The third kappa shape index (κ3) is 5.56. The van der Waals surface area contributed by atoms with Crippen LogP contribution in [-0.4, -0.2) is 41.5 Å². The number of para-hydroxylation sites is 2. The van der Waals surface area contributed by atoms with Gasteiger partial charge in [0, 0.05) is 17.5 Å². The molecule has 0 saturated carbocycles. The van der Waals surface area contributed by atoms with Crippen molar-refractivity contribution < 1.29 is 32.4 Å². The van der Waals surface area contributed by atoms with Gasteiger partial charge < -0.3 is 14.4 Å². The lowest BCUT2D eigenvalue weighted by Gasteiger charge is -2.31. The fourth-order valence-electron chi connectivity index (χ4n) is 3.70. The molecular weight excluding hydrogens is 497 g/mol. The lowest BCUT2D eigenvalue weighted by atomic mass is 10.2. The monoisotopic (exact) mass is 518 g/mol. The van der Waals surface area contributed by atoms with Crippen LogP contribution in [0.5, 0.6) is 11.5 Å². The molecule has 0 spiro atoms. The minimum Gasteiger partial charge on any atom is -0.486 e. The molecule has 0 bridgehead atoms. The second-order valence-corrected chi connectivity index (χ2v) is 8.96. The maximum atomic E-state index is 13.4. The SMILES string of the molecule is CCN(C[C@H]1COc2ccccc2O1)C(=O)c1ccccc1Sc1ccc(C(F)(F)F)cc1[N+](=O)[O-]. The molecule has 36 heavy (non-hydrogen) atoms. The van der Waals surface area contributed by atoms with E-state index in [0.29, 0.717) is 29.0 Å².